The number of carbonyl (C=O) groups is 2. The number of esters is 1. The fourth-order valence-corrected chi connectivity index (χ4v) is 5.70. The van der Waals surface area contributed by atoms with Gasteiger partial charge >= 0.3 is 5.97 Å². The molecule has 0 atom stereocenters. The van der Waals surface area contributed by atoms with Crippen LogP contribution in [-0.4, -0.2) is 75.9 Å². The summed E-state index contributed by atoms with van der Waals surface area (Å²) in [6, 6.07) is 4.57. The van der Waals surface area contributed by atoms with Crippen LogP contribution < -0.4 is 10.1 Å². The van der Waals surface area contributed by atoms with Gasteiger partial charge in [0.15, 0.2) is 0 Å². The Labute approximate surface area is 202 Å². The Bertz CT molecular complexity index is 940. The van der Waals surface area contributed by atoms with E-state index >= 15 is 0 Å². The molecular weight excluding hydrogens is 458 g/mol. The van der Waals surface area contributed by atoms with Gasteiger partial charge in [-0.1, -0.05) is 12.8 Å². The van der Waals surface area contributed by atoms with E-state index in [0.717, 1.165) is 45.1 Å². The van der Waals surface area contributed by atoms with E-state index in [0.29, 0.717) is 43.6 Å². The quantitative estimate of drug-likeness (QED) is 0.445. The van der Waals surface area contributed by atoms with Gasteiger partial charge in [0.25, 0.3) is 0 Å². The third-order valence-electron chi connectivity index (χ3n) is 6.17. The van der Waals surface area contributed by atoms with Gasteiger partial charge in [0.2, 0.25) is 15.9 Å². The smallest absolute Gasteiger partial charge is 0.307 e. The molecule has 1 saturated heterocycles. The Hall–Kier alpha value is -2.17. The summed E-state index contributed by atoms with van der Waals surface area (Å²) in [5, 5.41) is 2.82. The van der Waals surface area contributed by atoms with E-state index in [1.54, 1.807) is 13.0 Å². The summed E-state index contributed by atoms with van der Waals surface area (Å²) in [7, 11) is -2.18. The van der Waals surface area contributed by atoms with Gasteiger partial charge in [0.1, 0.15) is 5.75 Å². The first kappa shape index (κ1) is 26.4. The van der Waals surface area contributed by atoms with E-state index in [1.165, 1.54) is 23.5 Å². The molecule has 1 heterocycles. The zero-order chi connectivity index (χ0) is 24.6. The fourth-order valence-electron chi connectivity index (χ4n) is 4.15. The molecule has 0 unspecified atom stereocenters. The van der Waals surface area contributed by atoms with Crippen molar-refractivity contribution >= 4 is 27.6 Å². The van der Waals surface area contributed by atoms with Gasteiger partial charge in [-0.15, -0.1) is 0 Å². The SMILES string of the molecule is CCOC(=O)CCN(CC(=O)Nc1cc(S(=O)(=O)N2CCCCCC2)ccc1OC)CC1CC1. The Morgan fingerprint density at radius 1 is 1.15 bits per heavy atom. The number of methoxy groups -OCH3 is 1. The van der Waals surface area contributed by atoms with Crippen molar-refractivity contribution in [2.24, 2.45) is 5.92 Å². The van der Waals surface area contributed by atoms with Crippen LogP contribution in [0.5, 0.6) is 5.75 Å². The summed E-state index contributed by atoms with van der Waals surface area (Å²) in [5.41, 5.74) is 0.320. The van der Waals surface area contributed by atoms with Gasteiger partial charge in [-0.2, -0.15) is 4.31 Å². The van der Waals surface area contributed by atoms with Crippen molar-refractivity contribution in [2.75, 3.05) is 51.8 Å². The molecule has 9 nitrogen and oxygen atoms in total. The summed E-state index contributed by atoms with van der Waals surface area (Å²) >= 11 is 0. The van der Waals surface area contributed by atoms with Crippen molar-refractivity contribution in [1.29, 1.82) is 0 Å². The minimum Gasteiger partial charge on any atom is -0.495 e. The summed E-state index contributed by atoms with van der Waals surface area (Å²) in [5.74, 6) is 0.374. The number of sulfonamides is 1. The summed E-state index contributed by atoms with van der Waals surface area (Å²) in [4.78, 5) is 26.7. The Morgan fingerprint density at radius 2 is 1.85 bits per heavy atom. The molecule has 1 aromatic carbocycles. The highest BCUT2D eigenvalue weighted by Crippen LogP contribution is 2.31. The largest absolute Gasteiger partial charge is 0.495 e. The number of anilines is 1. The van der Waals surface area contributed by atoms with Crippen molar-refractivity contribution < 1.29 is 27.5 Å². The average Bonchev–Trinajstić information content (AvgIpc) is 3.64. The number of carbonyl (C=O) groups excluding carboxylic acids is 2. The Morgan fingerprint density at radius 3 is 2.47 bits per heavy atom. The maximum atomic E-state index is 13.2. The predicted molar refractivity (Wildman–Crippen MR) is 129 cm³/mol. The highest BCUT2D eigenvalue weighted by Gasteiger charge is 2.28. The van der Waals surface area contributed by atoms with Gasteiger partial charge in [0.05, 0.1) is 37.3 Å². The molecule has 1 amide bonds. The first-order valence-electron chi connectivity index (χ1n) is 12.2. The zero-order valence-electron chi connectivity index (χ0n) is 20.3. The second-order valence-electron chi connectivity index (χ2n) is 8.96. The molecule has 0 radical (unpaired) electrons. The lowest BCUT2D eigenvalue weighted by molar-refractivity contribution is -0.143. The highest BCUT2D eigenvalue weighted by atomic mass is 32.2. The molecule has 0 bridgehead atoms. The minimum absolute atomic E-state index is 0.0994. The topological polar surface area (TPSA) is 105 Å². The molecule has 2 aliphatic rings. The van der Waals surface area contributed by atoms with Crippen molar-refractivity contribution in [1.82, 2.24) is 9.21 Å². The van der Waals surface area contributed by atoms with Crippen LogP contribution in [0.1, 0.15) is 51.9 Å². The second-order valence-corrected chi connectivity index (χ2v) is 10.9. The monoisotopic (exact) mass is 495 g/mol. The van der Waals surface area contributed by atoms with E-state index in [2.05, 4.69) is 5.32 Å². The van der Waals surface area contributed by atoms with E-state index in [1.807, 2.05) is 4.90 Å². The number of benzene rings is 1. The summed E-state index contributed by atoms with van der Waals surface area (Å²) in [6.07, 6.45) is 6.24. The van der Waals surface area contributed by atoms with Crippen LogP contribution in [-0.2, 0) is 24.3 Å². The molecule has 1 aliphatic carbocycles. The summed E-state index contributed by atoms with van der Waals surface area (Å²) < 4.78 is 38.3. The van der Waals surface area contributed by atoms with Crippen LogP contribution in [0.2, 0.25) is 0 Å². The first-order chi connectivity index (χ1) is 16.3. The minimum atomic E-state index is -3.66. The van der Waals surface area contributed by atoms with Gasteiger partial charge in [0, 0.05) is 26.2 Å². The molecule has 3 rings (SSSR count). The second kappa shape index (κ2) is 12.5. The van der Waals surface area contributed by atoms with Crippen LogP contribution in [0, 0.1) is 5.92 Å². The predicted octanol–water partition coefficient (Wildman–Crippen LogP) is 2.86. The highest BCUT2D eigenvalue weighted by molar-refractivity contribution is 7.89. The molecule has 2 fully saturated rings. The maximum Gasteiger partial charge on any atom is 0.307 e. The van der Waals surface area contributed by atoms with Crippen LogP contribution in [0.25, 0.3) is 0 Å². The van der Waals surface area contributed by atoms with E-state index < -0.39 is 10.0 Å². The average molecular weight is 496 g/mol. The molecule has 190 valence electrons. The number of hydrogen-bond acceptors (Lipinski definition) is 7. The van der Waals surface area contributed by atoms with E-state index in [-0.39, 0.29) is 29.7 Å². The maximum absolute atomic E-state index is 13.2. The van der Waals surface area contributed by atoms with Crippen molar-refractivity contribution in [3.05, 3.63) is 18.2 Å². The number of nitrogens with one attached hydrogen (secondary N) is 1. The van der Waals surface area contributed by atoms with E-state index in [9.17, 15) is 18.0 Å². The molecular formula is C24H37N3O6S. The lowest BCUT2D eigenvalue weighted by atomic mass is 10.2. The molecule has 1 aliphatic heterocycles. The van der Waals surface area contributed by atoms with Crippen LogP contribution >= 0.6 is 0 Å². The molecule has 1 aromatic rings. The molecule has 0 spiro atoms. The lowest BCUT2D eigenvalue weighted by Gasteiger charge is -2.22. The van der Waals surface area contributed by atoms with E-state index in [4.69, 9.17) is 9.47 Å². The lowest BCUT2D eigenvalue weighted by Crippen LogP contribution is -2.36. The van der Waals surface area contributed by atoms with Gasteiger partial charge in [-0.25, -0.2) is 8.42 Å². The van der Waals surface area contributed by atoms with Crippen molar-refractivity contribution in [3.8, 4) is 5.75 Å². The number of amides is 1. The normalized spacial score (nSPS) is 17.3. The standard InChI is InChI=1S/C24H37N3O6S/c1-3-33-24(29)12-15-26(17-19-8-9-19)18-23(28)25-21-16-20(10-11-22(21)32-2)34(30,31)27-13-6-4-5-7-14-27/h10-11,16,19H,3-9,12-15,17-18H2,1-2H3,(H,25,28). The Kier molecular flexibility index (Phi) is 9.73. The fraction of sp³-hybridized carbons (Fsp3) is 0.667. The first-order valence-corrected chi connectivity index (χ1v) is 13.6. The van der Waals surface area contributed by atoms with Crippen LogP contribution in [0.15, 0.2) is 23.1 Å². The number of hydrogen-bond donors (Lipinski definition) is 1. The number of nitrogens with zero attached hydrogens (tertiary/aromatic N) is 2. The third kappa shape index (κ3) is 7.68. The van der Waals surface area contributed by atoms with Crippen molar-refractivity contribution in [3.63, 3.8) is 0 Å². The van der Waals surface area contributed by atoms with Crippen LogP contribution in [0.4, 0.5) is 5.69 Å². The molecule has 1 N–H and O–H groups in total. The summed E-state index contributed by atoms with van der Waals surface area (Å²) in [6.45, 7) is 4.39. The Balaban J connectivity index is 1.69. The van der Waals surface area contributed by atoms with Crippen molar-refractivity contribution in [2.45, 2.75) is 56.8 Å². The number of ether oxygens (including phenoxy) is 2. The zero-order valence-corrected chi connectivity index (χ0v) is 21.1. The van der Waals surface area contributed by atoms with Gasteiger partial charge in [-0.05, 0) is 56.7 Å². The molecule has 10 heteroatoms. The van der Waals surface area contributed by atoms with Crippen LogP contribution in [0.3, 0.4) is 0 Å². The third-order valence-corrected chi connectivity index (χ3v) is 8.06. The van der Waals surface area contributed by atoms with Gasteiger partial charge in [-0.3, -0.25) is 14.5 Å². The number of rotatable bonds is 12. The molecule has 34 heavy (non-hydrogen) atoms. The van der Waals surface area contributed by atoms with Gasteiger partial charge < -0.3 is 14.8 Å². The molecule has 1 saturated carbocycles. The molecule has 0 aromatic heterocycles.